The Morgan fingerprint density at radius 2 is 1.85 bits per heavy atom. The van der Waals surface area contributed by atoms with E-state index in [9.17, 15) is 9.59 Å². The SMILES string of the molecule is Cc1cccnc1C(=O)N(C)c1ccccc1C(=O)O. The Morgan fingerprint density at radius 1 is 1.15 bits per heavy atom. The number of carboxylic acid groups (broad SMARTS) is 1. The summed E-state index contributed by atoms with van der Waals surface area (Å²) in [5.41, 5.74) is 1.49. The highest BCUT2D eigenvalue weighted by Crippen LogP contribution is 2.21. The van der Waals surface area contributed by atoms with Gasteiger partial charge in [-0.1, -0.05) is 18.2 Å². The monoisotopic (exact) mass is 270 g/mol. The Morgan fingerprint density at radius 3 is 2.50 bits per heavy atom. The second-order valence-electron chi connectivity index (χ2n) is 4.36. The van der Waals surface area contributed by atoms with Crippen molar-refractivity contribution in [3.63, 3.8) is 0 Å². The van der Waals surface area contributed by atoms with Crippen molar-refractivity contribution in [1.82, 2.24) is 4.98 Å². The van der Waals surface area contributed by atoms with Gasteiger partial charge in [-0.05, 0) is 30.7 Å². The molecule has 2 rings (SSSR count). The second-order valence-corrected chi connectivity index (χ2v) is 4.36. The van der Waals surface area contributed by atoms with Crippen molar-refractivity contribution in [3.8, 4) is 0 Å². The number of hydrogen-bond donors (Lipinski definition) is 1. The highest BCUT2D eigenvalue weighted by molar-refractivity contribution is 6.08. The van der Waals surface area contributed by atoms with Crippen molar-refractivity contribution in [3.05, 3.63) is 59.4 Å². The number of amides is 1. The molecule has 0 aliphatic heterocycles. The van der Waals surface area contributed by atoms with Crippen LogP contribution in [0.4, 0.5) is 5.69 Å². The lowest BCUT2D eigenvalue weighted by Crippen LogP contribution is -2.29. The third kappa shape index (κ3) is 2.51. The van der Waals surface area contributed by atoms with Crippen LogP contribution >= 0.6 is 0 Å². The van der Waals surface area contributed by atoms with Crippen molar-refractivity contribution in [2.75, 3.05) is 11.9 Å². The molecule has 0 bridgehead atoms. The van der Waals surface area contributed by atoms with E-state index in [1.807, 2.05) is 0 Å². The van der Waals surface area contributed by atoms with E-state index in [1.54, 1.807) is 37.3 Å². The van der Waals surface area contributed by atoms with Gasteiger partial charge in [0, 0.05) is 13.2 Å². The van der Waals surface area contributed by atoms with Crippen LogP contribution in [0, 0.1) is 6.92 Å². The van der Waals surface area contributed by atoms with E-state index >= 15 is 0 Å². The van der Waals surface area contributed by atoms with Crippen LogP contribution in [0.25, 0.3) is 0 Å². The number of rotatable bonds is 3. The largest absolute Gasteiger partial charge is 0.478 e. The molecule has 102 valence electrons. The average Bonchev–Trinajstić information content (AvgIpc) is 2.46. The van der Waals surface area contributed by atoms with Gasteiger partial charge < -0.3 is 10.0 Å². The van der Waals surface area contributed by atoms with Crippen LogP contribution in [0.5, 0.6) is 0 Å². The first-order chi connectivity index (χ1) is 9.52. The van der Waals surface area contributed by atoms with Crippen LogP contribution < -0.4 is 4.90 Å². The van der Waals surface area contributed by atoms with Gasteiger partial charge in [0.15, 0.2) is 0 Å². The molecule has 1 aromatic heterocycles. The van der Waals surface area contributed by atoms with Gasteiger partial charge >= 0.3 is 5.97 Å². The molecule has 20 heavy (non-hydrogen) atoms. The smallest absolute Gasteiger partial charge is 0.337 e. The second kappa shape index (κ2) is 5.52. The number of carbonyl (C=O) groups is 2. The molecule has 1 heterocycles. The molecular weight excluding hydrogens is 256 g/mol. The van der Waals surface area contributed by atoms with Crippen molar-refractivity contribution in [2.24, 2.45) is 0 Å². The predicted molar refractivity (Wildman–Crippen MR) is 75.1 cm³/mol. The molecule has 0 saturated carbocycles. The Labute approximate surface area is 116 Å². The number of para-hydroxylation sites is 1. The van der Waals surface area contributed by atoms with E-state index in [2.05, 4.69) is 4.98 Å². The highest BCUT2D eigenvalue weighted by Gasteiger charge is 2.20. The Balaban J connectivity index is 2.42. The summed E-state index contributed by atoms with van der Waals surface area (Å²) >= 11 is 0. The van der Waals surface area contributed by atoms with E-state index in [-0.39, 0.29) is 11.5 Å². The molecule has 0 saturated heterocycles. The summed E-state index contributed by atoms with van der Waals surface area (Å²) in [5.74, 6) is -1.41. The summed E-state index contributed by atoms with van der Waals surface area (Å²) in [5, 5.41) is 9.17. The fraction of sp³-hybridized carbons (Fsp3) is 0.133. The first kappa shape index (κ1) is 13.7. The summed E-state index contributed by atoms with van der Waals surface area (Å²) in [6.07, 6.45) is 1.54. The summed E-state index contributed by atoms with van der Waals surface area (Å²) in [7, 11) is 1.54. The van der Waals surface area contributed by atoms with E-state index < -0.39 is 5.97 Å². The maximum atomic E-state index is 12.4. The van der Waals surface area contributed by atoms with Crippen molar-refractivity contribution < 1.29 is 14.7 Å². The number of carboxylic acids is 1. The molecular formula is C15H14N2O3. The standard InChI is InChI=1S/C15H14N2O3/c1-10-6-5-9-16-13(10)14(18)17(2)12-8-4-3-7-11(12)15(19)20/h3-9H,1-2H3,(H,19,20). The van der Waals surface area contributed by atoms with Crippen molar-refractivity contribution in [1.29, 1.82) is 0 Å². The van der Waals surface area contributed by atoms with E-state index in [0.717, 1.165) is 5.56 Å². The maximum Gasteiger partial charge on any atom is 0.337 e. The Hall–Kier alpha value is -2.69. The summed E-state index contributed by atoms with van der Waals surface area (Å²) < 4.78 is 0. The van der Waals surface area contributed by atoms with E-state index in [4.69, 9.17) is 5.11 Å². The molecule has 1 amide bonds. The van der Waals surface area contributed by atoms with Crippen LogP contribution in [-0.4, -0.2) is 29.0 Å². The average molecular weight is 270 g/mol. The Kier molecular flexibility index (Phi) is 3.79. The van der Waals surface area contributed by atoms with Gasteiger partial charge in [0.25, 0.3) is 5.91 Å². The lowest BCUT2D eigenvalue weighted by atomic mass is 10.1. The van der Waals surface area contributed by atoms with Gasteiger partial charge in [-0.15, -0.1) is 0 Å². The molecule has 0 fully saturated rings. The van der Waals surface area contributed by atoms with Crippen LogP contribution in [0.1, 0.15) is 26.4 Å². The zero-order valence-electron chi connectivity index (χ0n) is 11.2. The fourth-order valence-corrected chi connectivity index (χ4v) is 1.92. The number of benzene rings is 1. The summed E-state index contributed by atoms with van der Waals surface area (Å²) in [4.78, 5) is 29.0. The summed E-state index contributed by atoms with van der Waals surface area (Å²) in [6.45, 7) is 1.79. The van der Waals surface area contributed by atoms with Gasteiger partial charge in [0.2, 0.25) is 0 Å². The Bertz CT molecular complexity index is 668. The quantitative estimate of drug-likeness (QED) is 0.929. The topological polar surface area (TPSA) is 70.5 Å². The third-order valence-electron chi connectivity index (χ3n) is 3.01. The molecule has 2 aromatic rings. The number of carbonyl (C=O) groups excluding carboxylic acids is 1. The molecule has 0 spiro atoms. The number of hydrogen-bond acceptors (Lipinski definition) is 3. The number of aromatic nitrogens is 1. The lowest BCUT2D eigenvalue weighted by Gasteiger charge is -2.19. The third-order valence-corrected chi connectivity index (χ3v) is 3.01. The van der Waals surface area contributed by atoms with Crippen LogP contribution in [0.2, 0.25) is 0 Å². The molecule has 5 heteroatoms. The number of anilines is 1. The highest BCUT2D eigenvalue weighted by atomic mass is 16.4. The zero-order valence-corrected chi connectivity index (χ0v) is 11.2. The van der Waals surface area contributed by atoms with E-state index in [1.165, 1.54) is 24.2 Å². The molecule has 0 radical (unpaired) electrons. The van der Waals surface area contributed by atoms with Gasteiger partial charge in [-0.2, -0.15) is 0 Å². The first-order valence-electron chi connectivity index (χ1n) is 6.04. The molecule has 1 aromatic carbocycles. The maximum absolute atomic E-state index is 12.4. The van der Waals surface area contributed by atoms with Crippen molar-refractivity contribution in [2.45, 2.75) is 6.92 Å². The molecule has 1 N–H and O–H groups in total. The minimum atomic E-state index is -1.07. The lowest BCUT2D eigenvalue weighted by molar-refractivity contribution is 0.0697. The normalized spacial score (nSPS) is 10.1. The minimum absolute atomic E-state index is 0.0805. The molecule has 0 aliphatic carbocycles. The van der Waals surface area contributed by atoms with Crippen LogP contribution in [-0.2, 0) is 0 Å². The zero-order chi connectivity index (χ0) is 14.7. The number of aryl methyl sites for hydroxylation is 1. The number of aromatic carboxylic acids is 1. The molecule has 0 aliphatic rings. The van der Waals surface area contributed by atoms with Crippen LogP contribution in [0.15, 0.2) is 42.6 Å². The van der Waals surface area contributed by atoms with Gasteiger partial charge in [-0.25, -0.2) is 4.79 Å². The number of pyridine rings is 1. The number of nitrogens with zero attached hydrogens (tertiary/aromatic N) is 2. The first-order valence-corrected chi connectivity index (χ1v) is 6.04. The van der Waals surface area contributed by atoms with Crippen molar-refractivity contribution >= 4 is 17.6 Å². The van der Waals surface area contributed by atoms with Crippen LogP contribution in [0.3, 0.4) is 0 Å². The van der Waals surface area contributed by atoms with Gasteiger partial charge in [0.05, 0.1) is 11.3 Å². The molecule has 0 unspecified atom stereocenters. The van der Waals surface area contributed by atoms with Gasteiger partial charge in [0.1, 0.15) is 5.69 Å². The van der Waals surface area contributed by atoms with Gasteiger partial charge in [-0.3, -0.25) is 9.78 Å². The fourth-order valence-electron chi connectivity index (χ4n) is 1.92. The van der Waals surface area contributed by atoms with E-state index in [0.29, 0.717) is 11.4 Å². The predicted octanol–water partition coefficient (Wildman–Crippen LogP) is 2.36. The molecule has 5 nitrogen and oxygen atoms in total. The minimum Gasteiger partial charge on any atom is -0.478 e. The molecule has 0 atom stereocenters. The summed E-state index contributed by atoms with van der Waals surface area (Å²) in [6, 6.07) is 9.91.